The highest BCUT2D eigenvalue weighted by Crippen LogP contribution is 2.31. The number of hydrogen-bond donors (Lipinski definition) is 2. The summed E-state index contributed by atoms with van der Waals surface area (Å²) in [6.07, 6.45) is -2.85. The van der Waals surface area contributed by atoms with E-state index in [4.69, 9.17) is 0 Å². The van der Waals surface area contributed by atoms with Crippen LogP contribution in [0.2, 0.25) is 0 Å². The molecule has 0 unspecified atom stereocenters. The monoisotopic (exact) mass is 470 g/mol. The molecule has 0 aliphatic carbocycles. The Morgan fingerprint density at radius 3 is 2.53 bits per heavy atom. The van der Waals surface area contributed by atoms with E-state index >= 15 is 0 Å². The second kappa shape index (κ2) is 11.6. The highest BCUT2D eigenvalue weighted by molar-refractivity contribution is 7.13. The number of nitrogens with zero attached hydrogens (tertiary/aromatic N) is 2. The Balaban J connectivity index is 2.11. The van der Waals surface area contributed by atoms with Gasteiger partial charge in [-0.15, -0.1) is 11.3 Å². The molecule has 2 aromatic rings. The molecule has 0 aliphatic heterocycles. The van der Waals surface area contributed by atoms with Crippen LogP contribution in [0.4, 0.5) is 24.0 Å². The number of nitrogens with one attached hydrogen (secondary N) is 2. The lowest BCUT2D eigenvalue weighted by Gasteiger charge is -2.23. The lowest BCUT2D eigenvalue weighted by molar-refractivity contribution is -0.137. The maximum Gasteiger partial charge on any atom is 0.416 e. The minimum absolute atomic E-state index is 0.0656. The molecule has 1 aromatic carbocycles. The fourth-order valence-corrected chi connectivity index (χ4v) is 3.24. The van der Waals surface area contributed by atoms with Crippen LogP contribution < -0.4 is 15.5 Å². The molecular formula is C21H25F3N4O3S. The number of anilines is 2. The summed E-state index contributed by atoms with van der Waals surface area (Å²) >= 11 is 1.21. The highest BCUT2D eigenvalue weighted by Gasteiger charge is 2.31. The number of alkyl halides is 3. The molecule has 0 fully saturated rings. The van der Waals surface area contributed by atoms with Crippen LogP contribution in [0.5, 0.6) is 0 Å². The summed E-state index contributed by atoms with van der Waals surface area (Å²) in [5.74, 6) is -1.24. The first-order valence-corrected chi connectivity index (χ1v) is 10.9. The van der Waals surface area contributed by atoms with Gasteiger partial charge in [-0.05, 0) is 30.5 Å². The lowest BCUT2D eigenvalue weighted by Crippen LogP contribution is -2.41. The van der Waals surface area contributed by atoms with Crippen LogP contribution in [-0.2, 0) is 20.6 Å². The summed E-state index contributed by atoms with van der Waals surface area (Å²) in [5.41, 5.74) is -1.00. The Labute approximate surface area is 188 Å². The van der Waals surface area contributed by atoms with Gasteiger partial charge in [0.1, 0.15) is 6.54 Å². The Bertz CT molecular complexity index is 917. The van der Waals surface area contributed by atoms with Crippen molar-refractivity contribution < 1.29 is 27.6 Å². The van der Waals surface area contributed by atoms with Gasteiger partial charge >= 0.3 is 6.18 Å². The highest BCUT2D eigenvalue weighted by atomic mass is 32.1. The number of halogens is 3. The van der Waals surface area contributed by atoms with Gasteiger partial charge in [-0.2, -0.15) is 13.2 Å². The third kappa shape index (κ3) is 8.29. The third-order valence-corrected chi connectivity index (χ3v) is 5.06. The van der Waals surface area contributed by atoms with Gasteiger partial charge in [0, 0.05) is 36.7 Å². The van der Waals surface area contributed by atoms with Crippen molar-refractivity contribution in [2.75, 3.05) is 23.3 Å². The zero-order valence-corrected chi connectivity index (χ0v) is 18.6. The van der Waals surface area contributed by atoms with Crippen LogP contribution in [0, 0.1) is 5.92 Å². The molecule has 2 rings (SSSR count). The molecule has 174 valence electrons. The zero-order valence-electron chi connectivity index (χ0n) is 17.7. The normalized spacial score (nSPS) is 11.3. The van der Waals surface area contributed by atoms with Crippen LogP contribution in [-0.4, -0.2) is 35.8 Å². The van der Waals surface area contributed by atoms with E-state index in [1.165, 1.54) is 29.7 Å². The molecule has 1 aromatic heterocycles. The van der Waals surface area contributed by atoms with Crippen molar-refractivity contribution in [1.82, 2.24) is 10.3 Å². The number of hydrogen-bond acceptors (Lipinski definition) is 5. The zero-order chi connectivity index (χ0) is 23.7. The predicted molar refractivity (Wildman–Crippen MR) is 116 cm³/mol. The average Bonchev–Trinajstić information content (AvgIpc) is 3.22. The molecule has 32 heavy (non-hydrogen) atoms. The van der Waals surface area contributed by atoms with Gasteiger partial charge in [0.2, 0.25) is 17.7 Å². The Hall–Kier alpha value is -2.95. The molecule has 0 radical (unpaired) electrons. The number of rotatable bonds is 10. The number of benzene rings is 1. The molecule has 7 nitrogen and oxygen atoms in total. The first kappa shape index (κ1) is 25.3. The van der Waals surface area contributed by atoms with E-state index in [1.54, 1.807) is 5.38 Å². The summed E-state index contributed by atoms with van der Waals surface area (Å²) in [6, 6.07) is 4.19. The Morgan fingerprint density at radius 1 is 1.16 bits per heavy atom. The van der Waals surface area contributed by atoms with Gasteiger partial charge in [-0.25, -0.2) is 4.98 Å². The second-order valence-electron chi connectivity index (χ2n) is 7.45. The standard InChI is InChI=1S/C21H25F3N4O3S/c1-14(2)8-9-25-18(30)13-28(16-5-3-4-15(12-16)21(22,23)24)19(31)7-6-17(29)27-20-26-10-11-32-20/h3-5,10-12,14H,6-9,13H2,1-2H3,(H,25,30)(H,26,27,29). The van der Waals surface area contributed by atoms with Gasteiger partial charge in [0.15, 0.2) is 5.13 Å². The van der Waals surface area contributed by atoms with Crippen molar-refractivity contribution in [1.29, 1.82) is 0 Å². The molecule has 11 heteroatoms. The van der Waals surface area contributed by atoms with Crippen molar-refractivity contribution in [3.63, 3.8) is 0 Å². The first-order chi connectivity index (χ1) is 15.1. The summed E-state index contributed by atoms with van der Waals surface area (Å²) in [7, 11) is 0. The largest absolute Gasteiger partial charge is 0.416 e. The van der Waals surface area contributed by atoms with Gasteiger partial charge in [0.05, 0.1) is 5.56 Å². The topological polar surface area (TPSA) is 91.4 Å². The molecule has 0 bridgehead atoms. The molecule has 3 amide bonds. The number of carbonyl (C=O) groups excluding carboxylic acids is 3. The Kier molecular flexibility index (Phi) is 9.18. The van der Waals surface area contributed by atoms with E-state index in [2.05, 4.69) is 15.6 Å². The number of amides is 3. The number of carbonyl (C=O) groups is 3. The fraction of sp³-hybridized carbons (Fsp3) is 0.429. The average molecular weight is 471 g/mol. The van der Waals surface area contributed by atoms with Crippen LogP contribution in [0.1, 0.15) is 38.7 Å². The van der Waals surface area contributed by atoms with Gasteiger partial charge in [0.25, 0.3) is 0 Å². The Morgan fingerprint density at radius 2 is 1.91 bits per heavy atom. The lowest BCUT2D eigenvalue weighted by atomic mass is 10.1. The molecule has 0 saturated carbocycles. The van der Waals surface area contributed by atoms with E-state index in [0.717, 1.165) is 23.5 Å². The van der Waals surface area contributed by atoms with Crippen LogP contribution in [0.15, 0.2) is 35.8 Å². The molecule has 0 saturated heterocycles. The van der Waals surface area contributed by atoms with E-state index in [-0.39, 0.29) is 18.5 Å². The molecule has 1 heterocycles. The molecule has 0 aliphatic rings. The second-order valence-corrected chi connectivity index (χ2v) is 8.34. The SMILES string of the molecule is CC(C)CCNC(=O)CN(C(=O)CCC(=O)Nc1nccs1)c1cccc(C(F)(F)F)c1. The van der Waals surface area contributed by atoms with E-state index < -0.39 is 36.0 Å². The van der Waals surface area contributed by atoms with Gasteiger partial charge < -0.3 is 15.5 Å². The molecule has 0 spiro atoms. The smallest absolute Gasteiger partial charge is 0.355 e. The van der Waals surface area contributed by atoms with Crippen LogP contribution in [0.25, 0.3) is 0 Å². The maximum absolute atomic E-state index is 13.1. The van der Waals surface area contributed by atoms with E-state index in [1.807, 2.05) is 13.8 Å². The van der Waals surface area contributed by atoms with Crippen molar-refractivity contribution in [2.45, 2.75) is 39.3 Å². The minimum Gasteiger partial charge on any atom is -0.355 e. The summed E-state index contributed by atoms with van der Waals surface area (Å²) in [5, 5.41) is 7.25. The summed E-state index contributed by atoms with van der Waals surface area (Å²) < 4.78 is 39.4. The molecular weight excluding hydrogens is 445 g/mol. The first-order valence-electron chi connectivity index (χ1n) is 10.00. The minimum atomic E-state index is -4.60. The number of thiazole rings is 1. The third-order valence-electron chi connectivity index (χ3n) is 4.38. The predicted octanol–water partition coefficient (Wildman–Crippen LogP) is 4.08. The van der Waals surface area contributed by atoms with Gasteiger partial charge in [-0.1, -0.05) is 19.9 Å². The van der Waals surface area contributed by atoms with Gasteiger partial charge in [-0.3, -0.25) is 14.4 Å². The van der Waals surface area contributed by atoms with E-state index in [9.17, 15) is 27.6 Å². The quantitative estimate of drug-likeness (QED) is 0.548. The van der Waals surface area contributed by atoms with E-state index in [0.29, 0.717) is 17.6 Å². The maximum atomic E-state index is 13.1. The summed E-state index contributed by atoms with van der Waals surface area (Å²) in [4.78, 5) is 42.1. The van der Waals surface area contributed by atoms with Crippen LogP contribution >= 0.6 is 11.3 Å². The fourth-order valence-electron chi connectivity index (χ4n) is 2.70. The van der Waals surface area contributed by atoms with Crippen molar-refractivity contribution in [3.8, 4) is 0 Å². The van der Waals surface area contributed by atoms with Crippen molar-refractivity contribution in [3.05, 3.63) is 41.4 Å². The number of aromatic nitrogens is 1. The van der Waals surface area contributed by atoms with Crippen molar-refractivity contribution in [2.24, 2.45) is 5.92 Å². The molecule has 0 atom stereocenters. The summed E-state index contributed by atoms with van der Waals surface area (Å²) in [6.45, 7) is 3.91. The van der Waals surface area contributed by atoms with Crippen LogP contribution in [0.3, 0.4) is 0 Å². The molecule has 2 N–H and O–H groups in total. The van der Waals surface area contributed by atoms with Crippen molar-refractivity contribution >= 4 is 39.9 Å².